The van der Waals surface area contributed by atoms with Gasteiger partial charge in [0.25, 0.3) is 0 Å². The van der Waals surface area contributed by atoms with Crippen molar-refractivity contribution in [2.24, 2.45) is 0 Å². The number of benzene rings is 2. The molecular formula is C38H47ClN4O5. The fourth-order valence-corrected chi connectivity index (χ4v) is 6.90. The van der Waals surface area contributed by atoms with Crippen LogP contribution in [0.3, 0.4) is 0 Å². The lowest BCUT2D eigenvalue weighted by atomic mass is 9.92. The second kappa shape index (κ2) is 13.3. The lowest BCUT2D eigenvalue weighted by Gasteiger charge is -2.41. The average molecular weight is 675 g/mol. The predicted octanol–water partition coefficient (Wildman–Crippen LogP) is 8.60. The number of piperidine rings is 1. The highest BCUT2D eigenvalue weighted by Gasteiger charge is 2.38. The van der Waals surface area contributed by atoms with Crippen molar-refractivity contribution in [2.45, 2.75) is 104 Å². The highest BCUT2D eigenvalue weighted by molar-refractivity contribution is 6.31. The average Bonchev–Trinajstić information content (AvgIpc) is 3.44. The summed E-state index contributed by atoms with van der Waals surface area (Å²) in [6.45, 7) is 15.8. The first-order valence-corrected chi connectivity index (χ1v) is 17.4. The summed E-state index contributed by atoms with van der Waals surface area (Å²) >= 11 is 6.61. The number of carboxylic acids is 1. The zero-order valence-corrected chi connectivity index (χ0v) is 29.9. The molecule has 2 atom stereocenters. The summed E-state index contributed by atoms with van der Waals surface area (Å²) in [6, 6.07) is 14.2. The number of carbonyl (C=O) groups is 1. The van der Waals surface area contributed by atoms with E-state index < -0.39 is 17.7 Å². The molecule has 0 saturated carbocycles. The Kier molecular flexibility index (Phi) is 9.50. The normalized spacial score (nSPS) is 21.2. The molecule has 48 heavy (non-hydrogen) atoms. The highest BCUT2D eigenvalue weighted by Crippen LogP contribution is 2.40. The Bertz CT molecular complexity index is 1820. The topological polar surface area (TPSA) is 98.4 Å². The number of halogens is 1. The molecule has 2 aromatic carbocycles. The van der Waals surface area contributed by atoms with Gasteiger partial charge in [0.2, 0.25) is 0 Å². The Balaban J connectivity index is 1.54. The van der Waals surface area contributed by atoms with Crippen LogP contribution in [0, 0.1) is 13.8 Å². The van der Waals surface area contributed by atoms with Crippen molar-refractivity contribution in [1.82, 2.24) is 14.6 Å². The molecule has 7 rings (SSSR count). The van der Waals surface area contributed by atoms with E-state index in [0.717, 1.165) is 65.8 Å². The number of aromatic nitrogens is 3. The van der Waals surface area contributed by atoms with Gasteiger partial charge in [-0.05, 0) is 110 Å². The van der Waals surface area contributed by atoms with Gasteiger partial charge in [-0.25, -0.2) is 9.78 Å². The van der Waals surface area contributed by atoms with E-state index in [1.807, 2.05) is 58.9 Å². The summed E-state index contributed by atoms with van der Waals surface area (Å²) in [7, 11) is 0. The molecule has 2 unspecified atom stereocenters. The summed E-state index contributed by atoms with van der Waals surface area (Å²) in [6.07, 6.45) is 3.18. The third-order valence-electron chi connectivity index (χ3n) is 9.40. The largest absolute Gasteiger partial charge is 0.490 e. The van der Waals surface area contributed by atoms with Gasteiger partial charge in [-0.2, -0.15) is 9.61 Å². The van der Waals surface area contributed by atoms with Gasteiger partial charge >= 0.3 is 5.97 Å². The molecule has 0 spiro atoms. The maximum absolute atomic E-state index is 12.8. The van der Waals surface area contributed by atoms with Crippen LogP contribution < -0.4 is 9.64 Å². The molecule has 9 nitrogen and oxygen atoms in total. The lowest BCUT2D eigenvalue weighted by molar-refractivity contribution is -0.160. The van der Waals surface area contributed by atoms with Crippen LogP contribution in [0.1, 0.15) is 89.6 Å². The van der Waals surface area contributed by atoms with Gasteiger partial charge in [0.05, 0.1) is 28.6 Å². The molecule has 1 fully saturated rings. The molecule has 2 aromatic heterocycles. The highest BCUT2D eigenvalue weighted by atomic mass is 35.5. The van der Waals surface area contributed by atoms with Crippen molar-refractivity contribution < 1.29 is 24.1 Å². The minimum Gasteiger partial charge on any atom is -0.490 e. The number of aliphatic carboxylic acids is 1. The minimum atomic E-state index is -1.23. The summed E-state index contributed by atoms with van der Waals surface area (Å²) in [5.74, 6) is 0.384. The number of ether oxygens (including phenoxy) is 3. The van der Waals surface area contributed by atoms with Crippen LogP contribution in [0.2, 0.25) is 5.02 Å². The number of nitrogens with zero attached hydrogens (tertiary/aromatic N) is 4. The van der Waals surface area contributed by atoms with E-state index in [0.29, 0.717) is 47.4 Å². The Morgan fingerprint density at radius 3 is 2.54 bits per heavy atom. The Hall–Kier alpha value is -3.66. The van der Waals surface area contributed by atoms with Crippen LogP contribution in [-0.4, -0.2) is 62.7 Å². The van der Waals surface area contributed by atoms with Crippen molar-refractivity contribution in [3.05, 3.63) is 64.3 Å². The summed E-state index contributed by atoms with van der Waals surface area (Å²) in [5.41, 5.74) is 5.34. The molecule has 3 aliphatic heterocycles. The van der Waals surface area contributed by atoms with Gasteiger partial charge in [0, 0.05) is 47.6 Å². The summed E-state index contributed by atoms with van der Waals surface area (Å²) in [4.78, 5) is 20.0. The number of fused-ring (bicyclic) bond motifs is 8. The fourth-order valence-electron chi connectivity index (χ4n) is 6.75. The van der Waals surface area contributed by atoms with Gasteiger partial charge in [0.1, 0.15) is 11.6 Å². The molecule has 0 radical (unpaired) electrons. The zero-order valence-electron chi connectivity index (χ0n) is 29.1. The molecule has 10 heteroatoms. The quantitative estimate of drug-likeness (QED) is 0.231. The first-order valence-electron chi connectivity index (χ1n) is 17.0. The third-order valence-corrected chi connectivity index (χ3v) is 9.80. The zero-order chi connectivity index (χ0) is 34.4. The Labute approximate surface area is 288 Å². The molecule has 1 saturated heterocycles. The van der Waals surface area contributed by atoms with Crippen LogP contribution >= 0.6 is 11.6 Å². The Morgan fingerprint density at radius 2 is 1.83 bits per heavy atom. The molecule has 4 aromatic rings. The summed E-state index contributed by atoms with van der Waals surface area (Å²) < 4.78 is 21.1. The number of carboxylic acid groups (broad SMARTS) is 1. The lowest BCUT2D eigenvalue weighted by Crippen LogP contribution is -2.46. The molecule has 6 bridgehead atoms. The molecule has 0 aliphatic carbocycles. The van der Waals surface area contributed by atoms with Crippen molar-refractivity contribution in [3.63, 3.8) is 0 Å². The smallest absolute Gasteiger partial charge is 0.337 e. The van der Waals surface area contributed by atoms with E-state index in [2.05, 4.69) is 36.9 Å². The number of anilines is 1. The molecule has 3 aliphatic rings. The van der Waals surface area contributed by atoms with Gasteiger partial charge < -0.3 is 24.2 Å². The maximum atomic E-state index is 12.8. The van der Waals surface area contributed by atoms with Gasteiger partial charge in [-0.1, -0.05) is 29.8 Å². The monoisotopic (exact) mass is 674 g/mol. The Morgan fingerprint density at radius 1 is 1.10 bits per heavy atom. The van der Waals surface area contributed by atoms with Gasteiger partial charge in [-0.15, -0.1) is 0 Å². The van der Waals surface area contributed by atoms with Crippen LogP contribution in [0.5, 0.6) is 5.75 Å². The van der Waals surface area contributed by atoms with Crippen LogP contribution in [-0.2, 0) is 14.3 Å². The maximum Gasteiger partial charge on any atom is 0.337 e. The van der Waals surface area contributed by atoms with E-state index in [9.17, 15) is 9.90 Å². The number of rotatable bonds is 3. The van der Waals surface area contributed by atoms with E-state index in [4.69, 9.17) is 35.9 Å². The second-order valence-corrected chi connectivity index (χ2v) is 15.0. The molecular weight excluding hydrogens is 628 g/mol. The van der Waals surface area contributed by atoms with Crippen molar-refractivity contribution in [3.8, 4) is 28.1 Å². The second-order valence-electron chi connectivity index (χ2n) is 14.6. The van der Waals surface area contributed by atoms with Gasteiger partial charge in [0.15, 0.2) is 11.8 Å². The minimum absolute atomic E-state index is 0.00684. The van der Waals surface area contributed by atoms with Crippen LogP contribution in [0.4, 0.5) is 5.82 Å². The van der Waals surface area contributed by atoms with Crippen molar-refractivity contribution in [2.75, 3.05) is 24.6 Å². The number of hydrogen-bond acceptors (Lipinski definition) is 7. The fraction of sp³-hybridized carbons (Fsp3) is 0.500. The van der Waals surface area contributed by atoms with E-state index >= 15 is 0 Å². The molecule has 1 N–H and O–H groups in total. The van der Waals surface area contributed by atoms with Crippen molar-refractivity contribution in [1.29, 1.82) is 0 Å². The van der Waals surface area contributed by atoms with Crippen LogP contribution in [0.15, 0.2) is 42.5 Å². The molecule has 256 valence electrons. The standard InChI is InChI=1S/C38H47ClN4O5/c1-23-19-28-26-12-10-13-27(20-26)30-22-32-40-25(3)33(34(36(44)45)48-37(4,5)6)35(43(32)41-30)42-16-14-38(7,15-17-42)46-18-9-8-11-24(2)47-31(28)21-29(23)39/h10,12-13,19-22,24,34H,8-9,11,14-18H2,1-7H3,(H,44,45). The first kappa shape index (κ1) is 34.2. The summed E-state index contributed by atoms with van der Waals surface area (Å²) in [5, 5.41) is 16.3. The molecule has 0 amide bonds. The van der Waals surface area contributed by atoms with Crippen LogP contribution in [0.25, 0.3) is 28.0 Å². The third kappa shape index (κ3) is 7.19. The predicted molar refractivity (Wildman–Crippen MR) is 189 cm³/mol. The SMILES string of the molecule is Cc1cc2c(cc1Cl)OC(C)CCCCOC1(C)CCN(CC1)c1c(C(OC(C)(C)C)C(=O)O)c(C)nc3cc(nn13)-c1cccc-2c1. The van der Waals surface area contributed by atoms with E-state index in [-0.39, 0.29) is 11.7 Å². The van der Waals surface area contributed by atoms with E-state index in [1.165, 1.54) is 0 Å². The first-order chi connectivity index (χ1) is 22.7. The molecule has 5 heterocycles. The number of hydrogen-bond donors (Lipinski definition) is 1. The van der Waals surface area contributed by atoms with Gasteiger partial charge in [-0.3, -0.25) is 0 Å². The van der Waals surface area contributed by atoms with Crippen molar-refractivity contribution >= 4 is 29.0 Å². The number of aryl methyl sites for hydroxylation is 2. The van der Waals surface area contributed by atoms with E-state index in [1.54, 1.807) is 4.52 Å².